The maximum absolute atomic E-state index is 12.9. The van der Waals surface area contributed by atoms with Crippen LogP contribution in [-0.2, 0) is 6.54 Å². The summed E-state index contributed by atoms with van der Waals surface area (Å²) in [5.74, 6) is 0.721. The molecule has 152 valence electrons. The predicted molar refractivity (Wildman–Crippen MR) is 119 cm³/mol. The van der Waals surface area contributed by atoms with Gasteiger partial charge in [-0.05, 0) is 30.7 Å². The molecule has 0 unspecified atom stereocenters. The number of fused-ring (bicyclic) bond motifs is 1. The molecule has 7 nitrogen and oxygen atoms in total. The molecule has 1 N–H and O–H groups in total. The lowest BCUT2D eigenvalue weighted by Crippen LogP contribution is -2.12. The molecule has 0 aliphatic rings. The van der Waals surface area contributed by atoms with Crippen molar-refractivity contribution in [1.82, 2.24) is 24.1 Å². The van der Waals surface area contributed by atoms with Crippen molar-refractivity contribution in [3.63, 3.8) is 0 Å². The van der Waals surface area contributed by atoms with Crippen molar-refractivity contribution in [2.75, 3.05) is 5.32 Å². The van der Waals surface area contributed by atoms with E-state index < -0.39 is 0 Å². The van der Waals surface area contributed by atoms with E-state index in [-0.39, 0.29) is 5.91 Å². The van der Waals surface area contributed by atoms with E-state index in [1.807, 2.05) is 73.8 Å². The van der Waals surface area contributed by atoms with Gasteiger partial charge in [0.15, 0.2) is 5.65 Å². The van der Waals surface area contributed by atoms with Gasteiger partial charge in [0.05, 0.1) is 11.9 Å². The zero-order chi connectivity index (χ0) is 21.2. The maximum atomic E-state index is 12.9. The number of carbonyl (C=O) groups excluding carboxylic acids is 1. The lowest BCUT2D eigenvalue weighted by molar-refractivity contribution is 0.102. The number of aromatic nitrogens is 5. The molecule has 0 bridgehead atoms. The van der Waals surface area contributed by atoms with Crippen LogP contribution in [0.5, 0.6) is 0 Å². The number of anilines is 1. The van der Waals surface area contributed by atoms with Crippen molar-refractivity contribution in [2.24, 2.45) is 0 Å². The van der Waals surface area contributed by atoms with Crippen LogP contribution in [0.2, 0.25) is 0 Å². The van der Waals surface area contributed by atoms with Gasteiger partial charge in [0.2, 0.25) is 0 Å². The van der Waals surface area contributed by atoms with Gasteiger partial charge in [0, 0.05) is 36.4 Å². The molecule has 0 saturated carbocycles. The highest BCUT2D eigenvalue weighted by Crippen LogP contribution is 2.21. The van der Waals surface area contributed by atoms with Crippen LogP contribution in [0.15, 0.2) is 85.5 Å². The van der Waals surface area contributed by atoms with E-state index in [1.165, 1.54) is 0 Å². The van der Waals surface area contributed by atoms with Gasteiger partial charge < -0.3 is 9.88 Å². The van der Waals surface area contributed by atoms with Gasteiger partial charge in [-0.2, -0.15) is 5.10 Å². The quantitative estimate of drug-likeness (QED) is 0.473. The summed E-state index contributed by atoms with van der Waals surface area (Å²) in [4.78, 5) is 21.5. The first kappa shape index (κ1) is 18.7. The first-order valence-electron chi connectivity index (χ1n) is 9.95. The first-order chi connectivity index (χ1) is 15.2. The number of nitrogens with one attached hydrogen (secondary N) is 1. The monoisotopic (exact) mass is 408 g/mol. The molecule has 7 heteroatoms. The van der Waals surface area contributed by atoms with E-state index >= 15 is 0 Å². The fraction of sp³-hybridized carbons (Fsp3) is 0.0833. The lowest BCUT2D eigenvalue weighted by atomic mass is 10.1. The second-order valence-electron chi connectivity index (χ2n) is 7.24. The summed E-state index contributed by atoms with van der Waals surface area (Å²) >= 11 is 0. The van der Waals surface area contributed by atoms with Crippen molar-refractivity contribution >= 4 is 17.2 Å². The smallest absolute Gasteiger partial charge is 0.261 e. The standard InChI is InChI=1S/C24H20N6O/c1-17-25-13-14-29(17)16-18-7-9-20(10-8-18)28-24(31)21-15-27-30-22(11-12-26-23(21)30)19-5-3-2-4-6-19/h2-15H,16H2,1H3,(H,28,31). The van der Waals surface area contributed by atoms with Crippen LogP contribution in [0.3, 0.4) is 0 Å². The Morgan fingerprint density at radius 2 is 1.77 bits per heavy atom. The Morgan fingerprint density at radius 3 is 2.52 bits per heavy atom. The third-order valence-corrected chi connectivity index (χ3v) is 5.20. The van der Waals surface area contributed by atoms with Gasteiger partial charge in [0.1, 0.15) is 11.4 Å². The van der Waals surface area contributed by atoms with Crippen molar-refractivity contribution in [3.05, 3.63) is 102 Å². The van der Waals surface area contributed by atoms with Crippen molar-refractivity contribution in [1.29, 1.82) is 0 Å². The number of carbonyl (C=O) groups is 1. The third-order valence-electron chi connectivity index (χ3n) is 5.20. The van der Waals surface area contributed by atoms with Gasteiger partial charge in [0.25, 0.3) is 5.91 Å². The summed E-state index contributed by atoms with van der Waals surface area (Å²) in [6.45, 7) is 2.71. The van der Waals surface area contributed by atoms with Gasteiger partial charge in [-0.15, -0.1) is 0 Å². The first-order valence-corrected chi connectivity index (χ1v) is 9.95. The van der Waals surface area contributed by atoms with Gasteiger partial charge in [-0.25, -0.2) is 14.5 Å². The van der Waals surface area contributed by atoms with Crippen LogP contribution in [0.1, 0.15) is 21.7 Å². The number of benzene rings is 2. The van der Waals surface area contributed by atoms with Crippen LogP contribution < -0.4 is 5.32 Å². The number of rotatable bonds is 5. The minimum atomic E-state index is -0.245. The molecule has 0 atom stereocenters. The third kappa shape index (κ3) is 3.69. The van der Waals surface area contributed by atoms with Gasteiger partial charge in [-0.1, -0.05) is 42.5 Å². The molecule has 0 fully saturated rings. The van der Waals surface area contributed by atoms with E-state index in [9.17, 15) is 4.79 Å². The number of imidazole rings is 1. The molecule has 0 spiro atoms. The fourth-order valence-corrected chi connectivity index (χ4v) is 3.54. The summed E-state index contributed by atoms with van der Waals surface area (Å²) in [6.07, 6.45) is 6.99. The minimum absolute atomic E-state index is 0.245. The highest BCUT2D eigenvalue weighted by atomic mass is 16.1. The van der Waals surface area contributed by atoms with Crippen LogP contribution in [0.25, 0.3) is 16.9 Å². The molecule has 0 aliphatic heterocycles. The van der Waals surface area contributed by atoms with Crippen LogP contribution >= 0.6 is 0 Å². The van der Waals surface area contributed by atoms with Crippen LogP contribution in [0, 0.1) is 6.92 Å². The van der Waals surface area contributed by atoms with Crippen LogP contribution in [-0.4, -0.2) is 30.1 Å². The summed E-state index contributed by atoms with van der Waals surface area (Å²) in [6, 6.07) is 19.6. The molecular weight excluding hydrogens is 388 g/mol. The zero-order valence-electron chi connectivity index (χ0n) is 16.9. The number of hydrogen-bond donors (Lipinski definition) is 1. The van der Waals surface area contributed by atoms with Crippen molar-refractivity contribution < 1.29 is 4.79 Å². The Bertz CT molecular complexity index is 1350. The Hall–Kier alpha value is -4.26. The van der Waals surface area contributed by atoms with E-state index in [4.69, 9.17) is 0 Å². The molecule has 31 heavy (non-hydrogen) atoms. The van der Waals surface area contributed by atoms with Crippen molar-refractivity contribution in [2.45, 2.75) is 13.5 Å². The van der Waals surface area contributed by atoms with Crippen molar-refractivity contribution in [3.8, 4) is 11.3 Å². The molecule has 0 saturated heterocycles. The fourth-order valence-electron chi connectivity index (χ4n) is 3.54. The normalized spacial score (nSPS) is 11.0. The Labute approximate surface area is 179 Å². The molecule has 3 aromatic heterocycles. The largest absolute Gasteiger partial charge is 0.331 e. The maximum Gasteiger partial charge on any atom is 0.261 e. The van der Waals surface area contributed by atoms with E-state index in [1.54, 1.807) is 23.1 Å². The molecule has 2 aromatic carbocycles. The second kappa shape index (κ2) is 7.87. The summed E-state index contributed by atoms with van der Waals surface area (Å²) in [5.41, 5.74) is 4.68. The molecular formula is C24H20N6O. The molecule has 0 aliphatic carbocycles. The van der Waals surface area contributed by atoms with Crippen LogP contribution in [0.4, 0.5) is 5.69 Å². The molecule has 3 heterocycles. The summed E-state index contributed by atoms with van der Waals surface area (Å²) in [5, 5.41) is 7.35. The topological polar surface area (TPSA) is 77.1 Å². The average molecular weight is 408 g/mol. The Balaban J connectivity index is 1.37. The molecule has 5 rings (SSSR count). The van der Waals surface area contributed by atoms with E-state index in [0.717, 1.165) is 34.9 Å². The Morgan fingerprint density at radius 1 is 0.968 bits per heavy atom. The molecule has 1 amide bonds. The Kier molecular flexibility index (Phi) is 4.76. The predicted octanol–water partition coefficient (Wildman–Crippen LogP) is 4.20. The number of aryl methyl sites for hydroxylation is 1. The number of hydrogen-bond acceptors (Lipinski definition) is 4. The van der Waals surface area contributed by atoms with E-state index in [2.05, 4.69) is 25.0 Å². The summed E-state index contributed by atoms with van der Waals surface area (Å²) in [7, 11) is 0. The highest BCUT2D eigenvalue weighted by molar-refractivity contribution is 6.08. The minimum Gasteiger partial charge on any atom is -0.331 e. The zero-order valence-corrected chi connectivity index (χ0v) is 16.9. The molecule has 0 radical (unpaired) electrons. The van der Waals surface area contributed by atoms with E-state index in [0.29, 0.717) is 11.2 Å². The average Bonchev–Trinajstić information content (AvgIpc) is 3.42. The lowest BCUT2D eigenvalue weighted by Gasteiger charge is -2.08. The SMILES string of the molecule is Cc1nccn1Cc1ccc(NC(=O)c2cnn3c(-c4ccccc4)ccnc23)cc1. The molecule has 5 aromatic rings. The van der Waals surface area contributed by atoms with Gasteiger partial charge in [-0.3, -0.25) is 4.79 Å². The summed E-state index contributed by atoms with van der Waals surface area (Å²) < 4.78 is 3.77. The number of amides is 1. The van der Waals surface area contributed by atoms with Gasteiger partial charge >= 0.3 is 0 Å². The highest BCUT2D eigenvalue weighted by Gasteiger charge is 2.16. The second-order valence-corrected chi connectivity index (χ2v) is 7.24. The number of nitrogens with zero attached hydrogens (tertiary/aromatic N) is 5.